The number of likely N-dealkylation sites (N-methyl/N-ethyl adjacent to an activating group) is 1. The molecule has 29 heavy (non-hydrogen) atoms. The van der Waals surface area contributed by atoms with Crippen LogP contribution in [-0.4, -0.2) is 58.4 Å². The third kappa shape index (κ3) is 2.78. The number of guanidine groups is 1. The molecule has 3 heterocycles. The number of amides is 3. The summed E-state index contributed by atoms with van der Waals surface area (Å²) in [6, 6.07) is 3.51. The Hall–Kier alpha value is -3.30. The number of aliphatic imine (C=N–C) groups is 1. The molecule has 1 fully saturated rings. The van der Waals surface area contributed by atoms with Crippen LogP contribution in [0.3, 0.4) is 0 Å². The number of hydrogen-bond acceptors (Lipinski definition) is 5. The summed E-state index contributed by atoms with van der Waals surface area (Å²) in [7, 11) is 1.56. The van der Waals surface area contributed by atoms with Crippen molar-refractivity contribution in [2.45, 2.75) is 25.3 Å². The molecule has 0 aliphatic carbocycles. The highest BCUT2D eigenvalue weighted by molar-refractivity contribution is 6.09. The lowest BCUT2D eigenvalue weighted by atomic mass is 10.1. The summed E-state index contributed by atoms with van der Waals surface area (Å²) in [4.78, 5) is 35.8. The zero-order chi connectivity index (χ0) is 21.1. The van der Waals surface area contributed by atoms with Crippen LogP contribution in [0.4, 0.5) is 23.7 Å². The van der Waals surface area contributed by atoms with Gasteiger partial charge >= 0.3 is 12.2 Å². The third-order valence-corrected chi connectivity index (χ3v) is 5.15. The van der Waals surface area contributed by atoms with Crippen molar-refractivity contribution < 1.29 is 22.8 Å². The molecule has 7 nitrogen and oxygen atoms in total. The number of halogens is 3. The van der Waals surface area contributed by atoms with E-state index in [0.717, 1.165) is 17.0 Å². The van der Waals surface area contributed by atoms with Crippen LogP contribution in [0.1, 0.15) is 12.5 Å². The van der Waals surface area contributed by atoms with Gasteiger partial charge in [0.25, 0.3) is 5.91 Å². The number of anilines is 1. The maximum absolute atomic E-state index is 12.9. The van der Waals surface area contributed by atoms with E-state index in [2.05, 4.69) is 11.6 Å². The van der Waals surface area contributed by atoms with Gasteiger partial charge in [0.2, 0.25) is 5.96 Å². The Morgan fingerprint density at radius 3 is 2.45 bits per heavy atom. The molecule has 152 valence electrons. The first kappa shape index (κ1) is 19.0. The lowest BCUT2D eigenvalue weighted by Gasteiger charge is -2.39. The summed E-state index contributed by atoms with van der Waals surface area (Å²) < 4.78 is 38.6. The van der Waals surface area contributed by atoms with E-state index in [-0.39, 0.29) is 6.54 Å². The number of alkyl halides is 3. The predicted molar refractivity (Wildman–Crippen MR) is 99.6 cm³/mol. The molecule has 3 aliphatic rings. The maximum atomic E-state index is 12.9. The molecule has 10 heteroatoms. The van der Waals surface area contributed by atoms with E-state index in [9.17, 15) is 22.8 Å². The highest BCUT2D eigenvalue weighted by Crippen LogP contribution is 2.37. The molecular formula is C19H18F3N5O2. The molecule has 0 bridgehead atoms. The molecule has 2 unspecified atom stereocenters. The molecule has 0 N–H and O–H groups in total. The molecule has 2 atom stereocenters. The number of rotatable bonds is 3. The third-order valence-electron chi connectivity index (χ3n) is 5.15. The van der Waals surface area contributed by atoms with E-state index < -0.39 is 35.9 Å². The number of fused-ring (bicyclic) bond motifs is 3. The van der Waals surface area contributed by atoms with Crippen molar-refractivity contribution in [3.63, 3.8) is 0 Å². The lowest BCUT2D eigenvalue weighted by molar-refractivity contribution is -0.138. The smallest absolute Gasteiger partial charge is 0.302 e. The maximum Gasteiger partial charge on any atom is 0.416 e. The molecule has 0 radical (unpaired) electrons. The average molecular weight is 405 g/mol. The quantitative estimate of drug-likeness (QED) is 0.726. The zero-order valence-electron chi connectivity index (χ0n) is 15.7. The molecular weight excluding hydrogens is 387 g/mol. The molecule has 0 spiro atoms. The summed E-state index contributed by atoms with van der Waals surface area (Å²) in [5, 5.41) is 0. The van der Waals surface area contributed by atoms with Crippen LogP contribution < -0.4 is 4.90 Å². The van der Waals surface area contributed by atoms with Crippen molar-refractivity contribution in [3.8, 4) is 0 Å². The molecule has 1 aromatic carbocycles. The minimum absolute atomic E-state index is 0.0831. The topological polar surface area (TPSA) is 59.5 Å². The van der Waals surface area contributed by atoms with Gasteiger partial charge in [0.15, 0.2) is 12.2 Å². The summed E-state index contributed by atoms with van der Waals surface area (Å²) >= 11 is 0. The van der Waals surface area contributed by atoms with Gasteiger partial charge in [-0.2, -0.15) is 13.2 Å². The van der Waals surface area contributed by atoms with Crippen molar-refractivity contribution in [1.29, 1.82) is 0 Å². The van der Waals surface area contributed by atoms with Crippen LogP contribution in [0.25, 0.3) is 0 Å². The van der Waals surface area contributed by atoms with Gasteiger partial charge < -0.3 is 9.80 Å². The minimum atomic E-state index is -4.43. The monoisotopic (exact) mass is 405 g/mol. The Labute approximate surface area is 165 Å². The normalized spacial score (nSPS) is 23.9. The van der Waals surface area contributed by atoms with Crippen molar-refractivity contribution in [2.24, 2.45) is 4.99 Å². The first-order chi connectivity index (χ1) is 13.6. The number of carbonyl (C=O) groups is 2. The van der Waals surface area contributed by atoms with Gasteiger partial charge in [-0.3, -0.25) is 14.6 Å². The van der Waals surface area contributed by atoms with E-state index >= 15 is 0 Å². The van der Waals surface area contributed by atoms with Crippen molar-refractivity contribution in [2.75, 3.05) is 18.5 Å². The average Bonchev–Trinajstić information content (AvgIpc) is 3.17. The van der Waals surface area contributed by atoms with Crippen LogP contribution >= 0.6 is 0 Å². The molecule has 1 saturated heterocycles. The van der Waals surface area contributed by atoms with Gasteiger partial charge in [-0.25, -0.2) is 9.79 Å². The molecule has 1 aromatic rings. The number of benzene rings is 1. The highest BCUT2D eigenvalue weighted by Gasteiger charge is 2.54. The van der Waals surface area contributed by atoms with Gasteiger partial charge in [0, 0.05) is 31.2 Å². The minimum Gasteiger partial charge on any atom is -0.302 e. The summed E-state index contributed by atoms with van der Waals surface area (Å²) in [6.07, 6.45) is -1.95. The Bertz CT molecular complexity index is 954. The van der Waals surface area contributed by atoms with Gasteiger partial charge in [0.1, 0.15) is 0 Å². The molecule has 3 aliphatic heterocycles. The van der Waals surface area contributed by atoms with E-state index in [1.165, 1.54) is 23.1 Å². The number of carbonyl (C=O) groups excluding carboxylic acids is 2. The van der Waals surface area contributed by atoms with E-state index in [4.69, 9.17) is 0 Å². The van der Waals surface area contributed by atoms with E-state index in [1.807, 2.05) is 0 Å². The fourth-order valence-corrected chi connectivity index (χ4v) is 3.77. The highest BCUT2D eigenvalue weighted by atomic mass is 19.4. The standard InChI is InChI=1S/C19H18F3N5O2/c1-4-9-25-16(28)14-15(24(3)18(25)29)23-17-26(14)10-11(2)27(17)13-7-5-12(6-8-13)19(20,21)22/h4-8,10,14-15H,1,9H2,2-3H3. The van der Waals surface area contributed by atoms with Crippen LogP contribution in [-0.2, 0) is 11.0 Å². The Morgan fingerprint density at radius 1 is 1.21 bits per heavy atom. The van der Waals surface area contributed by atoms with E-state index in [1.54, 1.807) is 30.0 Å². The van der Waals surface area contributed by atoms with Gasteiger partial charge in [0.05, 0.1) is 5.56 Å². The predicted octanol–water partition coefficient (Wildman–Crippen LogP) is 2.83. The number of allylic oxidation sites excluding steroid dienone is 1. The van der Waals surface area contributed by atoms with Crippen LogP contribution in [0.2, 0.25) is 0 Å². The van der Waals surface area contributed by atoms with Crippen molar-refractivity contribution >= 4 is 23.6 Å². The number of imide groups is 1. The summed E-state index contributed by atoms with van der Waals surface area (Å²) in [5.41, 5.74) is 0.433. The fourth-order valence-electron chi connectivity index (χ4n) is 3.77. The molecule has 4 rings (SSSR count). The second kappa shape index (κ2) is 6.36. The molecule has 0 saturated carbocycles. The van der Waals surface area contributed by atoms with Crippen LogP contribution in [0.15, 0.2) is 53.8 Å². The fraction of sp³-hybridized carbons (Fsp3) is 0.316. The number of hydrogen-bond donors (Lipinski definition) is 0. The Kier molecular flexibility index (Phi) is 4.18. The zero-order valence-corrected chi connectivity index (χ0v) is 15.7. The summed E-state index contributed by atoms with van der Waals surface area (Å²) in [5.74, 6) is 0.000723. The van der Waals surface area contributed by atoms with Crippen LogP contribution in [0, 0.1) is 0 Å². The summed E-state index contributed by atoms with van der Waals surface area (Å²) in [6.45, 7) is 5.44. The number of urea groups is 1. The molecule has 0 aromatic heterocycles. The molecule has 3 amide bonds. The first-order valence-corrected chi connectivity index (χ1v) is 8.86. The second-order valence-electron chi connectivity index (χ2n) is 6.98. The van der Waals surface area contributed by atoms with E-state index in [0.29, 0.717) is 17.3 Å². The Balaban J connectivity index is 1.69. The second-order valence-corrected chi connectivity index (χ2v) is 6.98. The largest absolute Gasteiger partial charge is 0.416 e. The first-order valence-electron chi connectivity index (χ1n) is 8.86. The van der Waals surface area contributed by atoms with Crippen molar-refractivity contribution in [1.82, 2.24) is 14.7 Å². The number of nitrogens with zero attached hydrogens (tertiary/aromatic N) is 5. The lowest BCUT2D eigenvalue weighted by Crippen LogP contribution is -2.64. The van der Waals surface area contributed by atoms with Gasteiger partial charge in [-0.05, 0) is 31.2 Å². The Morgan fingerprint density at radius 2 is 1.86 bits per heavy atom. The SMILES string of the molecule is C=CCN1C(=O)C2C(N=C3N(c4ccc(C(F)(F)F)cc4)C(C)=CN32)N(C)C1=O. The van der Waals surface area contributed by atoms with Crippen LogP contribution in [0.5, 0.6) is 0 Å². The van der Waals surface area contributed by atoms with Crippen molar-refractivity contribution in [3.05, 3.63) is 54.4 Å². The van der Waals surface area contributed by atoms with Gasteiger partial charge in [-0.15, -0.1) is 6.58 Å². The van der Waals surface area contributed by atoms with Gasteiger partial charge in [-0.1, -0.05) is 6.08 Å².